The van der Waals surface area contributed by atoms with Crippen LogP contribution in [-0.4, -0.2) is 58.3 Å². The summed E-state index contributed by atoms with van der Waals surface area (Å²) in [6.45, 7) is 4.91. The molecule has 1 aliphatic carbocycles. The summed E-state index contributed by atoms with van der Waals surface area (Å²) in [6, 6.07) is 15.6. The van der Waals surface area contributed by atoms with Crippen LogP contribution >= 0.6 is 11.3 Å². The molecular weight excluding hydrogens is 498 g/mol. The van der Waals surface area contributed by atoms with Crippen molar-refractivity contribution in [2.75, 3.05) is 38.0 Å². The largest absolute Gasteiger partial charge is 0.302 e. The minimum atomic E-state index is -0.353. The van der Waals surface area contributed by atoms with Gasteiger partial charge in [0.15, 0.2) is 5.13 Å². The molecule has 1 aromatic heterocycles. The summed E-state index contributed by atoms with van der Waals surface area (Å²) in [6.07, 6.45) is 7.05. The lowest BCUT2D eigenvalue weighted by molar-refractivity contribution is -0.384. The van der Waals surface area contributed by atoms with Crippen LogP contribution in [0.3, 0.4) is 0 Å². The highest BCUT2D eigenvalue weighted by Crippen LogP contribution is 2.34. The standard InChI is InChI=1S/C29H35N5O3S/c35-28(13-14-32-15-17-33(18-16-32)20-22-5-4-8-26(19-22)34(36)37)31-29-30-27(21-38-29)25-11-9-24(10-12-25)23-6-2-1-3-7-23/h4-5,8-12,19,21,23H,1-3,6-7,13-18,20H2,(H,30,31,35). The van der Waals surface area contributed by atoms with E-state index in [4.69, 9.17) is 0 Å². The number of carbonyl (C=O) groups is 1. The second kappa shape index (κ2) is 12.6. The van der Waals surface area contributed by atoms with Crippen LogP contribution in [0.5, 0.6) is 0 Å². The zero-order valence-electron chi connectivity index (χ0n) is 21.7. The second-order valence-corrected chi connectivity index (χ2v) is 11.2. The van der Waals surface area contributed by atoms with Crippen LogP contribution in [0, 0.1) is 10.1 Å². The van der Waals surface area contributed by atoms with Gasteiger partial charge in [0.05, 0.1) is 10.6 Å². The number of thiazole rings is 1. The number of piperazine rings is 1. The maximum absolute atomic E-state index is 12.6. The number of nitrogens with one attached hydrogen (secondary N) is 1. The van der Waals surface area contributed by atoms with Crippen molar-refractivity contribution in [1.29, 1.82) is 0 Å². The van der Waals surface area contributed by atoms with E-state index in [9.17, 15) is 14.9 Å². The lowest BCUT2D eigenvalue weighted by atomic mass is 9.84. The summed E-state index contributed by atoms with van der Waals surface area (Å²) in [5, 5.41) is 16.6. The van der Waals surface area contributed by atoms with Gasteiger partial charge in [-0.1, -0.05) is 55.7 Å². The maximum atomic E-state index is 12.6. The summed E-state index contributed by atoms with van der Waals surface area (Å²) in [5.74, 6) is 0.677. The zero-order chi connectivity index (χ0) is 26.3. The first kappa shape index (κ1) is 26.5. The van der Waals surface area contributed by atoms with E-state index in [1.165, 1.54) is 55.1 Å². The number of anilines is 1. The molecule has 3 aromatic rings. The molecule has 0 bridgehead atoms. The van der Waals surface area contributed by atoms with Gasteiger partial charge in [-0.15, -0.1) is 11.3 Å². The molecule has 1 aliphatic heterocycles. The predicted molar refractivity (Wildman–Crippen MR) is 151 cm³/mol. The molecule has 0 unspecified atom stereocenters. The lowest BCUT2D eigenvalue weighted by Gasteiger charge is -2.34. The Morgan fingerprint density at radius 1 is 1.03 bits per heavy atom. The van der Waals surface area contributed by atoms with E-state index in [1.54, 1.807) is 12.1 Å². The third-order valence-corrected chi connectivity index (χ3v) is 8.44. The number of aromatic nitrogens is 1. The number of hydrogen-bond acceptors (Lipinski definition) is 7. The van der Waals surface area contributed by atoms with Crippen molar-refractivity contribution in [1.82, 2.24) is 14.8 Å². The molecule has 1 saturated heterocycles. The van der Waals surface area contributed by atoms with Gasteiger partial charge in [0.2, 0.25) is 5.91 Å². The number of amides is 1. The van der Waals surface area contributed by atoms with Gasteiger partial charge >= 0.3 is 0 Å². The molecule has 0 atom stereocenters. The van der Waals surface area contributed by atoms with Crippen LogP contribution < -0.4 is 5.32 Å². The third-order valence-electron chi connectivity index (χ3n) is 7.68. The molecular formula is C29H35N5O3S. The Morgan fingerprint density at radius 3 is 2.50 bits per heavy atom. The summed E-state index contributed by atoms with van der Waals surface area (Å²) < 4.78 is 0. The zero-order valence-corrected chi connectivity index (χ0v) is 22.5. The Bertz CT molecular complexity index is 1230. The van der Waals surface area contributed by atoms with Gasteiger partial charge in [0.25, 0.3) is 5.69 Å². The van der Waals surface area contributed by atoms with Gasteiger partial charge in [-0.25, -0.2) is 4.98 Å². The van der Waals surface area contributed by atoms with E-state index in [0.717, 1.165) is 43.0 Å². The first-order chi connectivity index (χ1) is 18.5. The van der Waals surface area contributed by atoms with Crippen LogP contribution in [0.25, 0.3) is 11.3 Å². The summed E-state index contributed by atoms with van der Waals surface area (Å²) in [7, 11) is 0. The molecule has 1 saturated carbocycles. The Balaban J connectivity index is 1.04. The summed E-state index contributed by atoms with van der Waals surface area (Å²) in [5.41, 5.74) is 4.51. The van der Waals surface area contributed by atoms with Gasteiger partial charge in [-0.2, -0.15) is 0 Å². The number of hydrogen-bond donors (Lipinski definition) is 1. The Hall–Kier alpha value is -3.14. The van der Waals surface area contributed by atoms with Crippen molar-refractivity contribution < 1.29 is 9.72 Å². The van der Waals surface area contributed by atoms with Gasteiger partial charge in [0, 0.05) is 68.8 Å². The second-order valence-electron chi connectivity index (χ2n) is 10.3. The maximum Gasteiger partial charge on any atom is 0.269 e. The fourth-order valence-corrected chi connectivity index (χ4v) is 6.20. The normalized spacial score (nSPS) is 17.4. The van der Waals surface area contributed by atoms with Crippen LogP contribution in [0.4, 0.5) is 10.8 Å². The molecule has 0 radical (unpaired) electrons. The first-order valence-corrected chi connectivity index (χ1v) is 14.5. The Labute approximate surface area is 227 Å². The lowest BCUT2D eigenvalue weighted by Crippen LogP contribution is -2.46. The van der Waals surface area contributed by atoms with Gasteiger partial charge in [0.1, 0.15) is 0 Å². The topological polar surface area (TPSA) is 91.6 Å². The van der Waals surface area contributed by atoms with Crippen molar-refractivity contribution in [3.05, 3.63) is 75.2 Å². The smallest absolute Gasteiger partial charge is 0.269 e. The SMILES string of the molecule is O=C(CCN1CCN(Cc2cccc([N+](=O)[O-])c2)CC1)Nc1nc(-c2ccc(C3CCCCC3)cc2)cs1. The summed E-state index contributed by atoms with van der Waals surface area (Å²) in [4.78, 5) is 32.5. The molecule has 0 spiro atoms. The number of rotatable bonds is 9. The minimum Gasteiger partial charge on any atom is -0.302 e. The molecule has 5 rings (SSSR count). The van der Waals surface area contributed by atoms with Crippen molar-refractivity contribution in [2.24, 2.45) is 0 Å². The first-order valence-electron chi connectivity index (χ1n) is 13.6. The molecule has 9 heteroatoms. The van der Waals surface area contributed by atoms with Crippen LogP contribution in [0.1, 0.15) is 55.6 Å². The van der Waals surface area contributed by atoms with Crippen molar-refractivity contribution in [3.63, 3.8) is 0 Å². The monoisotopic (exact) mass is 533 g/mol. The van der Waals surface area contributed by atoms with Crippen LogP contribution in [0.2, 0.25) is 0 Å². The van der Waals surface area contributed by atoms with E-state index in [0.29, 0.717) is 30.6 Å². The molecule has 8 nitrogen and oxygen atoms in total. The summed E-state index contributed by atoms with van der Waals surface area (Å²) >= 11 is 1.46. The van der Waals surface area contributed by atoms with E-state index in [2.05, 4.69) is 44.4 Å². The van der Waals surface area contributed by atoms with E-state index in [1.807, 2.05) is 11.4 Å². The Kier molecular flexibility index (Phi) is 8.78. The van der Waals surface area contributed by atoms with Crippen molar-refractivity contribution >= 4 is 28.1 Å². The number of nitrogens with zero attached hydrogens (tertiary/aromatic N) is 4. The van der Waals surface area contributed by atoms with E-state index in [-0.39, 0.29) is 16.5 Å². The minimum absolute atomic E-state index is 0.0161. The fraction of sp³-hybridized carbons (Fsp3) is 0.448. The number of benzene rings is 2. The van der Waals surface area contributed by atoms with E-state index >= 15 is 0 Å². The molecule has 38 heavy (non-hydrogen) atoms. The quantitative estimate of drug-likeness (QED) is 0.271. The Morgan fingerprint density at radius 2 is 1.76 bits per heavy atom. The molecule has 2 aromatic carbocycles. The molecule has 2 aliphatic rings. The molecule has 200 valence electrons. The van der Waals surface area contributed by atoms with E-state index < -0.39 is 0 Å². The highest BCUT2D eigenvalue weighted by atomic mass is 32.1. The van der Waals surface area contributed by atoms with Crippen LogP contribution in [-0.2, 0) is 11.3 Å². The third kappa shape index (κ3) is 7.03. The molecule has 2 heterocycles. The number of non-ortho nitro benzene ring substituents is 1. The van der Waals surface area contributed by atoms with Gasteiger partial charge in [-0.05, 0) is 29.9 Å². The highest BCUT2D eigenvalue weighted by molar-refractivity contribution is 7.14. The highest BCUT2D eigenvalue weighted by Gasteiger charge is 2.19. The molecule has 1 amide bonds. The average molecular weight is 534 g/mol. The van der Waals surface area contributed by atoms with Gasteiger partial charge in [-0.3, -0.25) is 19.8 Å². The number of nitro benzene ring substituents is 1. The number of nitro groups is 1. The van der Waals surface area contributed by atoms with Gasteiger partial charge < -0.3 is 10.2 Å². The predicted octanol–water partition coefficient (Wildman–Crippen LogP) is 5.91. The molecule has 1 N–H and O–H groups in total. The number of carbonyl (C=O) groups excluding carboxylic acids is 1. The van der Waals surface area contributed by atoms with Crippen molar-refractivity contribution in [3.8, 4) is 11.3 Å². The van der Waals surface area contributed by atoms with Crippen molar-refractivity contribution in [2.45, 2.75) is 51.0 Å². The molecule has 2 fully saturated rings. The average Bonchev–Trinajstić information content (AvgIpc) is 3.42. The van der Waals surface area contributed by atoms with Crippen LogP contribution in [0.15, 0.2) is 53.9 Å². The fourth-order valence-electron chi connectivity index (χ4n) is 5.46.